The standard InChI is InChI=1S/C31H36F3NO4/c1-19(29(36)37)28(22-5-6-22)24-7-4-21-10-11-30(38-27(21)17-24)12-14-35(15-13-30)18-25-16-23(20-2-3-20)8-9-26(25)39-31(32,33)34/h4,7-9,16-17,19-20,22,28H,2-3,5-6,10-15,18H2,1H3,(H,36,37)/t19-,28?/m0/s1. The Hall–Kier alpha value is -2.74. The fourth-order valence-corrected chi connectivity index (χ4v) is 6.63. The van der Waals surface area contributed by atoms with Crippen molar-refractivity contribution in [1.29, 1.82) is 0 Å². The van der Waals surface area contributed by atoms with Gasteiger partial charge in [-0.05, 0) is 97.9 Å². The summed E-state index contributed by atoms with van der Waals surface area (Å²) in [5.74, 6) is 0.417. The van der Waals surface area contributed by atoms with E-state index >= 15 is 0 Å². The summed E-state index contributed by atoms with van der Waals surface area (Å²) in [6, 6.07) is 11.4. The number of fused-ring (bicyclic) bond motifs is 1. The Morgan fingerprint density at radius 2 is 1.85 bits per heavy atom. The van der Waals surface area contributed by atoms with Crippen LogP contribution in [0.3, 0.4) is 0 Å². The van der Waals surface area contributed by atoms with Crippen molar-refractivity contribution in [2.45, 2.75) is 88.6 Å². The number of aryl methyl sites for hydroxylation is 1. The predicted molar refractivity (Wildman–Crippen MR) is 140 cm³/mol. The number of nitrogens with zero attached hydrogens (tertiary/aromatic N) is 1. The number of aliphatic carboxylic acids is 1. The molecule has 2 atom stereocenters. The van der Waals surface area contributed by atoms with Crippen molar-refractivity contribution in [2.24, 2.45) is 11.8 Å². The van der Waals surface area contributed by atoms with Gasteiger partial charge in [-0.1, -0.05) is 31.2 Å². The monoisotopic (exact) mass is 543 g/mol. The van der Waals surface area contributed by atoms with Crippen LogP contribution in [0.2, 0.25) is 0 Å². The van der Waals surface area contributed by atoms with Crippen molar-refractivity contribution in [2.75, 3.05) is 13.1 Å². The number of ether oxygens (including phenoxy) is 2. The fourth-order valence-electron chi connectivity index (χ4n) is 6.63. The minimum atomic E-state index is -4.72. The number of piperidine rings is 1. The zero-order valence-corrected chi connectivity index (χ0v) is 22.3. The van der Waals surface area contributed by atoms with Crippen LogP contribution >= 0.6 is 0 Å². The molecular weight excluding hydrogens is 507 g/mol. The summed E-state index contributed by atoms with van der Waals surface area (Å²) in [5.41, 5.74) is 3.60. The van der Waals surface area contributed by atoms with E-state index in [9.17, 15) is 23.1 Å². The average molecular weight is 544 g/mol. The molecule has 2 aliphatic carbocycles. The predicted octanol–water partition coefficient (Wildman–Crippen LogP) is 7.04. The Bertz CT molecular complexity index is 1230. The Labute approximate surface area is 227 Å². The number of carbonyl (C=O) groups is 1. The number of carboxylic acid groups (broad SMARTS) is 1. The molecule has 0 radical (unpaired) electrons. The number of rotatable bonds is 8. The molecule has 0 bridgehead atoms. The number of carboxylic acids is 1. The van der Waals surface area contributed by atoms with Crippen LogP contribution in [0.25, 0.3) is 0 Å². The fraction of sp³-hybridized carbons (Fsp3) is 0.581. The van der Waals surface area contributed by atoms with Crippen LogP contribution in [0.5, 0.6) is 11.5 Å². The molecule has 2 aliphatic heterocycles. The van der Waals surface area contributed by atoms with E-state index in [2.05, 4.69) is 27.8 Å². The molecule has 5 nitrogen and oxygen atoms in total. The summed E-state index contributed by atoms with van der Waals surface area (Å²) in [7, 11) is 0. The zero-order valence-electron chi connectivity index (χ0n) is 22.3. The molecule has 1 N–H and O–H groups in total. The molecule has 3 fully saturated rings. The summed E-state index contributed by atoms with van der Waals surface area (Å²) in [5, 5.41) is 9.68. The first-order valence-corrected chi connectivity index (χ1v) is 14.2. The first-order valence-electron chi connectivity index (χ1n) is 14.2. The quantitative estimate of drug-likeness (QED) is 0.387. The Balaban J connectivity index is 1.14. The molecule has 0 aromatic heterocycles. The molecule has 2 aromatic rings. The summed E-state index contributed by atoms with van der Waals surface area (Å²) < 4.78 is 50.2. The molecule has 8 heteroatoms. The van der Waals surface area contributed by atoms with Gasteiger partial charge in [-0.2, -0.15) is 0 Å². The van der Waals surface area contributed by atoms with Crippen LogP contribution in [-0.2, 0) is 17.8 Å². The van der Waals surface area contributed by atoms with E-state index in [1.54, 1.807) is 13.0 Å². The van der Waals surface area contributed by atoms with Crippen molar-refractivity contribution in [3.8, 4) is 11.5 Å². The van der Waals surface area contributed by atoms with E-state index in [-0.39, 0.29) is 17.3 Å². The van der Waals surface area contributed by atoms with Crippen molar-refractivity contribution in [1.82, 2.24) is 4.90 Å². The van der Waals surface area contributed by atoms with E-state index in [4.69, 9.17) is 4.74 Å². The van der Waals surface area contributed by atoms with Crippen molar-refractivity contribution < 1.29 is 32.5 Å². The lowest BCUT2D eigenvalue weighted by molar-refractivity contribution is -0.275. The molecule has 6 rings (SSSR count). The molecule has 1 saturated heterocycles. The Morgan fingerprint density at radius 1 is 1.10 bits per heavy atom. The smallest absolute Gasteiger partial charge is 0.487 e. The van der Waals surface area contributed by atoms with E-state index in [0.717, 1.165) is 86.9 Å². The second kappa shape index (κ2) is 10.0. The van der Waals surface area contributed by atoms with Gasteiger partial charge in [0.1, 0.15) is 17.1 Å². The van der Waals surface area contributed by atoms with Gasteiger partial charge in [0.25, 0.3) is 0 Å². The van der Waals surface area contributed by atoms with Crippen LogP contribution in [0.1, 0.15) is 86.0 Å². The largest absolute Gasteiger partial charge is 0.573 e. The molecule has 1 spiro atoms. The highest BCUT2D eigenvalue weighted by Crippen LogP contribution is 2.49. The normalized spacial score (nSPS) is 22.6. The third-order valence-electron chi connectivity index (χ3n) is 9.23. The third kappa shape index (κ3) is 5.91. The molecule has 39 heavy (non-hydrogen) atoms. The number of hydrogen-bond donors (Lipinski definition) is 1. The van der Waals surface area contributed by atoms with E-state index in [0.29, 0.717) is 23.9 Å². The van der Waals surface area contributed by atoms with Gasteiger partial charge in [0, 0.05) is 25.2 Å². The van der Waals surface area contributed by atoms with Crippen LogP contribution < -0.4 is 9.47 Å². The maximum atomic E-state index is 13.1. The van der Waals surface area contributed by atoms with Crippen LogP contribution in [0, 0.1) is 11.8 Å². The third-order valence-corrected chi connectivity index (χ3v) is 9.23. The second-order valence-electron chi connectivity index (χ2n) is 12.1. The first-order chi connectivity index (χ1) is 18.6. The highest BCUT2D eigenvalue weighted by molar-refractivity contribution is 5.71. The van der Waals surface area contributed by atoms with Crippen LogP contribution in [0.15, 0.2) is 36.4 Å². The molecule has 0 amide bonds. The lowest BCUT2D eigenvalue weighted by Gasteiger charge is -2.45. The minimum absolute atomic E-state index is 0.00404. The number of halogens is 3. The zero-order chi connectivity index (χ0) is 27.4. The topological polar surface area (TPSA) is 59.0 Å². The van der Waals surface area contributed by atoms with Gasteiger partial charge in [0.15, 0.2) is 0 Å². The minimum Gasteiger partial charge on any atom is -0.487 e. The Morgan fingerprint density at radius 3 is 2.49 bits per heavy atom. The van der Waals surface area contributed by atoms with Crippen molar-refractivity contribution >= 4 is 5.97 Å². The number of alkyl halides is 3. The van der Waals surface area contributed by atoms with Crippen LogP contribution in [0.4, 0.5) is 13.2 Å². The van der Waals surface area contributed by atoms with E-state index < -0.39 is 18.2 Å². The van der Waals surface area contributed by atoms with Gasteiger partial charge in [-0.15, -0.1) is 13.2 Å². The number of hydrogen-bond acceptors (Lipinski definition) is 4. The molecule has 2 aromatic carbocycles. The molecule has 1 unspecified atom stereocenters. The molecule has 210 valence electrons. The summed E-state index contributed by atoms with van der Waals surface area (Å²) in [6.07, 6.45) is 3.00. The van der Waals surface area contributed by atoms with Crippen molar-refractivity contribution in [3.05, 3.63) is 58.7 Å². The summed E-state index contributed by atoms with van der Waals surface area (Å²) in [6.45, 7) is 3.68. The maximum absolute atomic E-state index is 13.1. The lowest BCUT2D eigenvalue weighted by atomic mass is 9.80. The van der Waals surface area contributed by atoms with Gasteiger partial charge >= 0.3 is 12.3 Å². The number of benzene rings is 2. The summed E-state index contributed by atoms with van der Waals surface area (Å²) in [4.78, 5) is 14.0. The van der Waals surface area contributed by atoms with Crippen LogP contribution in [-0.4, -0.2) is 41.0 Å². The number of likely N-dealkylation sites (tertiary alicyclic amines) is 1. The van der Waals surface area contributed by atoms with Gasteiger partial charge in [0.2, 0.25) is 0 Å². The van der Waals surface area contributed by atoms with Gasteiger partial charge in [0.05, 0.1) is 5.92 Å². The Kier molecular flexibility index (Phi) is 6.81. The summed E-state index contributed by atoms with van der Waals surface area (Å²) >= 11 is 0. The van der Waals surface area contributed by atoms with Gasteiger partial charge in [-0.25, -0.2) is 0 Å². The molecular formula is C31H36F3NO4. The van der Waals surface area contributed by atoms with E-state index in [1.165, 1.54) is 6.07 Å². The lowest BCUT2D eigenvalue weighted by Crippen LogP contribution is -2.49. The second-order valence-corrected chi connectivity index (χ2v) is 12.1. The average Bonchev–Trinajstić information content (AvgIpc) is 3.80. The SMILES string of the molecule is C[C@H](C(=O)O)C(c1ccc2c(c1)OC1(CC2)CCN(Cc2cc(C3CC3)ccc2OC(F)(F)F)CC1)C1CC1. The van der Waals surface area contributed by atoms with Crippen molar-refractivity contribution in [3.63, 3.8) is 0 Å². The van der Waals surface area contributed by atoms with Gasteiger partial charge < -0.3 is 14.6 Å². The maximum Gasteiger partial charge on any atom is 0.573 e. The molecule has 2 saturated carbocycles. The molecule has 4 aliphatic rings. The highest BCUT2D eigenvalue weighted by atomic mass is 19.4. The van der Waals surface area contributed by atoms with E-state index in [1.807, 2.05) is 6.07 Å². The highest BCUT2D eigenvalue weighted by Gasteiger charge is 2.42. The first kappa shape index (κ1) is 26.5. The molecule has 2 heterocycles. The van der Waals surface area contributed by atoms with Gasteiger partial charge in [-0.3, -0.25) is 9.69 Å².